The summed E-state index contributed by atoms with van der Waals surface area (Å²) in [5.41, 5.74) is 2.26. The normalized spacial score (nSPS) is 13.2. The van der Waals surface area contributed by atoms with Crippen LogP contribution in [0.25, 0.3) is 0 Å². The molecule has 2 atom stereocenters. The lowest BCUT2D eigenvalue weighted by Gasteiger charge is -2.20. The molecule has 0 aliphatic carbocycles. The Balaban J connectivity index is 0.00000441. The summed E-state index contributed by atoms with van der Waals surface area (Å²) in [6.45, 7) is 10.7. The summed E-state index contributed by atoms with van der Waals surface area (Å²) in [6.07, 6.45) is -0.506. The third kappa shape index (κ3) is 6.24. The standard InChI is InChI=1S/C17H28N2O2.ClH/c1-11(2)15-8-7-12(3)9-16(15)21-14(5)17(20)19-10-13(4)18-6;/h7-9,11,13-14,18H,10H2,1-6H3,(H,19,20);1H. The molecule has 0 aliphatic heterocycles. The van der Waals surface area contributed by atoms with Crippen molar-refractivity contribution < 1.29 is 9.53 Å². The lowest BCUT2D eigenvalue weighted by atomic mass is 10.0. The van der Waals surface area contributed by atoms with Crippen LogP contribution in [0.3, 0.4) is 0 Å². The van der Waals surface area contributed by atoms with Gasteiger partial charge in [0.2, 0.25) is 0 Å². The first-order valence-electron chi connectivity index (χ1n) is 7.57. The Bertz CT molecular complexity index is 478. The number of benzene rings is 1. The van der Waals surface area contributed by atoms with Crippen molar-refractivity contribution in [2.75, 3.05) is 13.6 Å². The van der Waals surface area contributed by atoms with E-state index in [1.807, 2.05) is 27.0 Å². The molecule has 2 N–H and O–H groups in total. The van der Waals surface area contributed by atoms with Gasteiger partial charge in [0, 0.05) is 12.6 Å². The highest BCUT2D eigenvalue weighted by atomic mass is 35.5. The summed E-state index contributed by atoms with van der Waals surface area (Å²) in [5, 5.41) is 5.98. The molecule has 2 unspecified atom stereocenters. The van der Waals surface area contributed by atoms with Crippen LogP contribution in [0.15, 0.2) is 18.2 Å². The minimum Gasteiger partial charge on any atom is -0.481 e. The van der Waals surface area contributed by atoms with Crippen LogP contribution in [-0.2, 0) is 4.79 Å². The number of rotatable bonds is 7. The smallest absolute Gasteiger partial charge is 0.260 e. The first-order valence-corrected chi connectivity index (χ1v) is 7.57. The number of amides is 1. The summed E-state index contributed by atoms with van der Waals surface area (Å²) in [7, 11) is 1.87. The molecule has 0 bridgehead atoms. The zero-order chi connectivity index (χ0) is 16.0. The van der Waals surface area contributed by atoms with Crippen molar-refractivity contribution in [1.29, 1.82) is 0 Å². The topological polar surface area (TPSA) is 50.4 Å². The van der Waals surface area contributed by atoms with Crippen LogP contribution in [-0.4, -0.2) is 31.6 Å². The van der Waals surface area contributed by atoms with E-state index in [1.54, 1.807) is 6.92 Å². The van der Waals surface area contributed by atoms with Crippen LogP contribution >= 0.6 is 12.4 Å². The fourth-order valence-electron chi connectivity index (χ4n) is 1.96. The third-order valence-corrected chi connectivity index (χ3v) is 3.54. The van der Waals surface area contributed by atoms with E-state index in [9.17, 15) is 4.79 Å². The molecule has 0 aromatic heterocycles. The maximum atomic E-state index is 12.1. The van der Waals surface area contributed by atoms with Crippen LogP contribution in [0.5, 0.6) is 5.75 Å². The van der Waals surface area contributed by atoms with E-state index in [1.165, 1.54) is 0 Å². The van der Waals surface area contributed by atoms with Crippen molar-refractivity contribution in [1.82, 2.24) is 10.6 Å². The van der Waals surface area contributed by atoms with E-state index in [-0.39, 0.29) is 24.4 Å². The highest BCUT2D eigenvalue weighted by Gasteiger charge is 2.17. The monoisotopic (exact) mass is 328 g/mol. The number of ether oxygens (including phenoxy) is 1. The van der Waals surface area contributed by atoms with Gasteiger partial charge in [-0.2, -0.15) is 0 Å². The Morgan fingerprint density at radius 3 is 2.41 bits per heavy atom. The minimum atomic E-state index is -0.506. The zero-order valence-corrected chi connectivity index (χ0v) is 15.2. The predicted molar refractivity (Wildman–Crippen MR) is 94.1 cm³/mol. The molecule has 1 rings (SSSR count). The molecule has 1 amide bonds. The van der Waals surface area contributed by atoms with Crippen molar-refractivity contribution in [3.8, 4) is 5.75 Å². The summed E-state index contributed by atoms with van der Waals surface area (Å²) in [6, 6.07) is 6.38. The quantitative estimate of drug-likeness (QED) is 0.809. The maximum Gasteiger partial charge on any atom is 0.260 e. The third-order valence-electron chi connectivity index (χ3n) is 3.54. The number of aryl methyl sites for hydroxylation is 1. The first kappa shape index (κ1) is 20.7. The number of nitrogens with one attached hydrogen (secondary N) is 2. The number of likely N-dealkylation sites (N-methyl/N-ethyl adjacent to an activating group) is 1. The molecular weight excluding hydrogens is 300 g/mol. The van der Waals surface area contributed by atoms with Crippen LogP contribution in [0.4, 0.5) is 0 Å². The maximum absolute atomic E-state index is 12.1. The van der Waals surface area contributed by atoms with Gasteiger partial charge in [-0.05, 0) is 50.9 Å². The van der Waals surface area contributed by atoms with Gasteiger partial charge in [0.25, 0.3) is 5.91 Å². The van der Waals surface area contributed by atoms with E-state index < -0.39 is 6.10 Å². The second-order valence-electron chi connectivity index (χ2n) is 5.89. The second kappa shape index (κ2) is 9.70. The first-order chi connectivity index (χ1) is 9.85. The molecule has 0 saturated carbocycles. The number of carbonyl (C=O) groups excluding carboxylic acids is 1. The van der Waals surface area contributed by atoms with Gasteiger partial charge >= 0.3 is 0 Å². The largest absolute Gasteiger partial charge is 0.481 e. The molecule has 126 valence electrons. The highest BCUT2D eigenvalue weighted by Crippen LogP contribution is 2.28. The number of hydrogen-bond donors (Lipinski definition) is 2. The Labute approximate surface area is 140 Å². The number of carbonyl (C=O) groups is 1. The van der Waals surface area contributed by atoms with Crippen molar-refractivity contribution >= 4 is 18.3 Å². The molecule has 22 heavy (non-hydrogen) atoms. The van der Waals surface area contributed by atoms with Gasteiger partial charge in [-0.3, -0.25) is 4.79 Å². The zero-order valence-electron chi connectivity index (χ0n) is 14.4. The molecule has 0 aliphatic rings. The average molecular weight is 329 g/mol. The molecule has 0 heterocycles. The van der Waals surface area contributed by atoms with Gasteiger partial charge in [0.1, 0.15) is 5.75 Å². The van der Waals surface area contributed by atoms with Gasteiger partial charge < -0.3 is 15.4 Å². The summed E-state index contributed by atoms with van der Waals surface area (Å²) < 4.78 is 5.88. The van der Waals surface area contributed by atoms with E-state index in [0.29, 0.717) is 12.5 Å². The summed E-state index contributed by atoms with van der Waals surface area (Å²) in [4.78, 5) is 12.1. The fourth-order valence-corrected chi connectivity index (χ4v) is 1.96. The van der Waals surface area contributed by atoms with Gasteiger partial charge in [0.05, 0.1) is 0 Å². The van der Waals surface area contributed by atoms with Crippen molar-refractivity contribution in [2.24, 2.45) is 0 Å². The molecule has 0 saturated heterocycles. The molecule has 0 spiro atoms. The van der Waals surface area contributed by atoms with Gasteiger partial charge in [-0.15, -0.1) is 12.4 Å². The van der Waals surface area contributed by atoms with Gasteiger partial charge in [-0.1, -0.05) is 26.0 Å². The van der Waals surface area contributed by atoms with E-state index in [4.69, 9.17) is 4.74 Å². The Morgan fingerprint density at radius 1 is 1.23 bits per heavy atom. The Hall–Kier alpha value is -1.26. The van der Waals surface area contributed by atoms with Crippen LogP contribution in [0, 0.1) is 6.92 Å². The average Bonchev–Trinajstić information content (AvgIpc) is 2.43. The fraction of sp³-hybridized carbons (Fsp3) is 0.588. The van der Waals surface area contributed by atoms with E-state index in [0.717, 1.165) is 16.9 Å². The van der Waals surface area contributed by atoms with Crippen LogP contribution < -0.4 is 15.4 Å². The summed E-state index contributed by atoms with van der Waals surface area (Å²) >= 11 is 0. The molecule has 1 aromatic rings. The lowest BCUT2D eigenvalue weighted by molar-refractivity contribution is -0.127. The predicted octanol–water partition coefficient (Wildman–Crippen LogP) is 3.03. The molecule has 5 heteroatoms. The van der Waals surface area contributed by atoms with Crippen LogP contribution in [0.1, 0.15) is 44.7 Å². The second-order valence-corrected chi connectivity index (χ2v) is 5.89. The molecule has 0 fully saturated rings. The number of hydrogen-bond acceptors (Lipinski definition) is 3. The molecular formula is C17H29ClN2O2. The van der Waals surface area contributed by atoms with E-state index in [2.05, 4.69) is 36.6 Å². The SMILES string of the molecule is CNC(C)CNC(=O)C(C)Oc1cc(C)ccc1C(C)C.Cl. The molecule has 1 aromatic carbocycles. The van der Waals surface area contributed by atoms with E-state index >= 15 is 0 Å². The summed E-state index contributed by atoms with van der Waals surface area (Å²) in [5.74, 6) is 1.07. The lowest BCUT2D eigenvalue weighted by Crippen LogP contribution is -2.42. The number of halogens is 1. The highest BCUT2D eigenvalue weighted by molar-refractivity contribution is 5.85. The molecule has 4 nitrogen and oxygen atoms in total. The molecule has 0 radical (unpaired) electrons. The van der Waals surface area contributed by atoms with Crippen molar-refractivity contribution in [3.05, 3.63) is 29.3 Å². The minimum absolute atomic E-state index is 0. The van der Waals surface area contributed by atoms with Crippen molar-refractivity contribution in [2.45, 2.75) is 52.7 Å². The Kier molecular flexibility index (Phi) is 9.14. The van der Waals surface area contributed by atoms with Gasteiger partial charge in [-0.25, -0.2) is 0 Å². The Morgan fingerprint density at radius 2 is 1.86 bits per heavy atom. The van der Waals surface area contributed by atoms with Gasteiger partial charge in [0.15, 0.2) is 6.10 Å². The van der Waals surface area contributed by atoms with Crippen LogP contribution in [0.2, 0.25) is 0 Å². The van der Waals surface area contributed by atoms with Crippen molar-refractivity contribution in [3.63, 3.8) is 0 Å².